The Labute approximate surface area is 209 Å². The predicted octanol–water partition coefficient (Wildman–Crippen LogP) is 5.91. The zero-order valence-corrected chi connectivity index (χ0v) is 20.4. The molecule has 0 atom stereocenters. The van der Waals surface area contributed by atoms with Crippen LogP contribution in [0.5, 0.6) is 5.75 Å². The minimum atomic E-state index is -0.972. The number of carboxylic acid groups (broad SMARTS) is 1. The van der Waals surface area contributed by atoms with Crippen molar-refractivity contribution in [2.75, 3.05) is 14.2 Å². The van der Waals surface area contributed by atoms with Crippen molar-refractivity contribution in [3.63, 3.8) is 0 Å². The Bertz CT molecular complexity index is 1480. The first-order chi connectivity index (χ1) is 17.5. The number of benzene rings is 3. The standard InChI is InChI=1S/C30H28N2O4/c1-32(29(33)20-11-14-22(36-2)15-12-20)18-27-28(25-16-13-21(30(34)35)17-26(25)31-27)24-10-6-4-8-19-7-3-5-9-23(19)24/h3,5,7,9-17,31H,4,6,8,18H2,1-2H3,(H,34,35). The molecule has 0 unspecified atom stereocenters. The molecule has 1 aromatic heterocycles. The van der Waals surface area contributed by atoms with Crippen molar-refractivity contribution in [1.82, 2.24) is 9.88 Å². The van der Waals surface area contributed by atoms with Gasteiger partial charge >= 0.3 is 5.97 Å². The number of aromatic carboxylic acids is 1. The highest BCUT2D eigenvalue weighted by Gasteiger charge is 2.23. The number of hydrogen-bond acceptors (Lipinski definition) is 3. The first-order valence-corrected chi connectivity index (χ1v) is 12.0. The maximum Gasteiger partial charge on any atom is 0.335 e. The number of allylic oxidation sites excluding steroid dienone is 1. The van der Waals surface area contributed by atoms with Gasteiger partial charge in [-0.15, -0.1) is 0 Å². The fourth-order valence-corrected chi connectivity index (χ4v) is 4.96. The van der Waals surface area contributed by atoms with E-state index in [9.17, 15) is 14.7 Å². The van der Waals surface area contributed by atoms with Crippen molar-refractivity contribution in [3.8, 4) is 5.75 Å². The number of ether oxygens (including phenoxy) is 1. The summed E-state index contributed by atoms with van der Waals surface area (Å²) < 4.78 is 5.21. The highest BCUT2D eigenvalue weighted by Crippen LogP contribution is 2.38. The largest absolute Gasteiger partial charge is 0.497 e. The van der Waals surface area contributed by atoms with Gasteiger partial charge in [-0.2, -0.15) is 0 Å². The fourth-order valence-electron chi connectivity index (χ4n) is 4.96. The molecule has 0 bridgehead atoms. The van der Waals surface area contributed by atoms with Gasteiger partial charge in [-0.05, 0) is 72.4 Å². The van der Waals surface area contributed by atoms with Crippen LogP contribution < -0.4 is 4.74 Å². The van der Waals surface area contributed by atoms with E-state index in [1.54, 1.807) is 55.5 Å². The van der Waals surface area contributed by atoms with E-state index in [1.165, 1.54) is 11.1 Å². The number of fused-ring (bicyclic) bond motifs is 2. The highest BCUT2D eigenvalue weighted by molar-refractivity contribution is 6.02. The maximum atomic E-state index is 13.2. The molecule has 4 aromatic rings. The van der Waals surface area contributed by atoms with Crippen LogP contribution in [0.15, 0.2) is 72.8 Å². The molecule has 3 aromatic carbocycles. The van der Waals surface area contributed by atoms with Crippen LogP contribution in [0.2, 0.25) is 0 Å². The second kappa shape index (κ2) is 9.74. The number of aryl methyl sites for hydroxylation is 1. The molecule has 1 aliphatic carbocycles. The highest BCUT2D eigenvalue weighted by atomic mass is 16.5. The molecule has 36 heavy (non-hydrogen) atoms. The van der Waals surface area contributed by atoms with E-state index in [4.69, 9.17) is 4.74 Å². The number of methoxy groups -OCH3 is 1. The SMILES string of the molecule is COc1ccc(C(=O)N(C)Cc2[nH]c3cc(C(=O)O)ccc3c2C2=CCCCc3ccccc32)cc1. The smallest absolute Gasteiger partial charge is 0.335 e. The van der Waals surface area contributed by atoms with E-state index in [0.717, 1.165) is 47.0 Å². The lowest BCUT2D eigenvalue weighted by Crippen LogP contribution is -2.26. The van der Waals surface area contributed by atoms with E-state index in [1.807, 2.05) is 12.1 Å². The minimum Gasteiger partial charge on any atom is -0.497 e. The monoisotopic (exact) mass is 480 g/mol. The summed E-state index contributed by atoms with van der Waals surface area (Å²) in [6.07, 6.45) is 5.29. The lowest BCUT2D eigenvalue weighted by Gasteiger charge is -2.19. The molecule has 6 heteroatoms. The summed E-state index contributed by atoms with van der Waals surface area (Å²) in [7, 11) is 3.37. The van der Waals surface area contributed by atoms with Crippen molar-refractivity contribution in [2.45, 2.75) is 25.8 Å². The van der Waals surface area contributed by atoms with Crippen LogP contribution in [0.3, 0.4) is 0 Å². The van der Waals surface area contributed by atoms with E-state index in [-0.39, 0.29) is 11.5 Å². The Morgan fingerprint density at radius 2 is 1.78 bits per heavy atom. The van der Waals surface area contributed by atoms with Gasteiger partial charge in [0.15, 0.2) is 0 Å². The lowest BCUT2D eigenvalue weighted by atomic mass is 9.91. The molecule has 1 amide bonds. The number of nitrogens with one attached hydrogen (secondary N) is 1. The van der Waals surface area contributed by atoms with Gasteiger partial charge in [0, 0.05) is 34.8 Å². The maximum absolute atomic E-state index is 13.2. The average molecular weight is 481 g/mol. The number of nitrogens with zero attached hydrogens (tertiary/aromatic N) is 1. The molecule has 1 heterocycles. The normalized spacial score (nSPS) is 13.0. The molecular formula is C30H28N2O4. The Hall–Kier alpha value is -4.32. The van der Waals surface area contributed by atoms with Crippen LogP contribution in [-0.4, -0.2) is 41.0 Å². The molecule has 0 fully saturated rings. The molecule has 6 nitrogen and oxygen atoms in total. The number of aromatic nitrogens is 1. The third-order valence-electron chi connectivity index (χ3n) is 6.78. The second-order valence-electron chi connectivity index (χ2n) is 9.10. The van der Waals surface area contributed by atoms with Crippen molar-refractivity contribution >= 4 is 28.4 Å². The van der Waals surface area contributed by atoms with Gasteiger partial charge in [-0.3, -0.25) is 4.79 Å². The third kappa shape index (κ3) is 4.38. The number of H-pyrrole nitrogens is 1. The summed E-state index contributed by atoms with van der Waals surface area (Å²) in [5.41, 5.74) is 7.04. The Balaban J connectivity index is 1.60. The average Bonchev–Trinajstić information content (AvgIpc) is 3.11. The first kappa shape index (κ1) is 23.4. The van der Waals surface area contributed by atoms with Crippen LogP contribution in [-0.2, 0) is 13.0 Å². The van der Waals surface area contributed by atoms with Gasteiger partial charge in [0.1, 0.15) is 5.75 Å². The molecule has 2 N–H and O–H groups in total. The molecule has 0 saturated heterocycles. The van der Waals surface area contributed by atoms with Crippen molar-refractivity contribution in [1.29, 1.82) is 0 Å². The predicted molar refractivity (Wildman–Crippen MR) is 141 cm³/mol. The topological polar surface area (TPSA) is 82.6 Å². The molecule has 5 rings (SSSR count). The molecule has 1 aliphatic rings. The van der Waals surface area contributed by atoms with Gasteiger partial charge in [0.05, 0.1) is 19.2 Å². The number of carbonyl (C=O) groups is 2. The number of aromatic amines is 1. The van der Waals surface area contributed by atoms with Gasteiger partial charge in [-0.25, -0.2) is 4.79 Å². The molecule has 0 radical (unpaired) electrons. The summed E-state index contributed by atoms with van der Waals surface area (Å²) in [5, 5.41) is 10.5. The minimum absolute atomic E-state index is 0.108. The zero-order valence-electron chi connectivity index (χ0n) is 20.4. The fraction of sp³-hybridized carbons (Fsp3) is 0.200. The number of amides is 1. The van der Waals surface area contributed by atoms with E-state index < -0.39 is 5.97 Å². The van der Waals surface area contributed by atoms with Crippen LogP contribution in [0.1, 0.15) is 55.9 Å². The van der Waals surface area contributed by atoms with Gasteiger partial charge < -0.3 is 19.7 Å². The summed E-state index contributed by atoms with van der Waals surface area (Å²) in [6, 6.07) is 20.7. The summed E-state index contributed by atoms with van der Waals surface area (Å²) in [5.74, 6) is -0.385. The number of hydrogen-bond donors (Lipinski definition) is 2. The number of carbonyl (C=O) groups excluding carboxylic acids is 1. The summed E-state index contributed by atoms with van der Waals surface area (Å²) >= 11 is 0. The van der Waals surface area contributed by atoms with E-state index >= 15 is 0 Å². The molecular weight excluding hydrogens is 452 g/mol. The lowest BCUT2D eigenvalue weighted by molar-refractivity contribution is 0.0696. The number of carboxylic acids is 1. The van der Waals surface area contributed by atoms with Crippen LogP contribution in [0, 0.1) is 0 Å². The first-order valence-electron chi connectivity index (χ1n) is 12.0. The van der Waals surface area contributed by atoms with E-state index in [2.05, 4.69) is 29.3 Å². The third-order valence-corrected chi connectivity index (χ3v) is 6.78. The van der Waals surface area contributed by atoms with Crippen LogP contribution in [0.4, 0.5) is 0 Å². The van der Waals surface area contributed by atoms with Gasteiger partial charge in [-0.1, -0.05) is 36.4 Å². The summed E-state index contributed by atoms with van der Waals surface area (Å²) in [4.78, 5) is 30.0. The van der Waals surface area contributed by atoms with Crippen LogP contribution in [0.25, 0.3) is 16.5 Å². The number of rotatable bonds is 6. The molecule has 182 valence electrons. The summed E-state index contributed by atoms with van der Waals surface area (Å²) in [6.45, 7) is 0.344. The van der Waals surface area contributed by atoms with Crippen molar-refractivity contribution in [2.24, 2.45) is 0 Å². The second-order valence-corrected chi connectivity index (χ2v) is 9.10. The zero-order chi connectivity index (χ0) is 25.2. The van der Waals surface area contributed by atoms with Crippen LogP contribution >= 0.6 is 0 Å². The Morgan fingerprint density at radius 1 is 1.03 bits per heavy atom. The van der Waals surface area contributed by atoms with Gasteiger partial charge in [0.2, 0.25) is 0 Å². The molecule has 0 aliphatic heterocycles. The van der Waals surface area contributed by atoms with Gasteiger partial charge in [0.25, 0.3) is 5.91 Å². The molecule has 0 saturated carbocycles. The molecule has 0 spiro atoms. The quantitative estimate of drug-likeness (QED) is 0.359. The van der Waals surface area contributed by atoms with Crippen molar-refractivity contribution in [3.05, 3.63) is 106 Å². The Kier molecular flexibility index (Phi) is 6.34. The Morgan fingerprint density at radius 3 is 2.53 bits per heavy atom. The van der Waals surface area contributed by atoms with E-state index in [0.29, 0.717) is 17.9 Å². The van der Waals surface area contributed by atoms with Crippen molar-refractivity contribution < 1.29 is 19.4 Å².